The fraction of sp³-hybridized carbons (Fsp3) is 0.438. The zero-order valence-electron chi connectivity index (χ0n) is 12.4. The van der Waals surface area contributed by atoms with Gasteiger partial charge < -0.3 is 15.0 Å². The second-order valence-electron chi connectivity index (χ2n) is 5.21. The highest BCUT2D eigenvalue weighted by molar-refractivity contribution is 5.41. The molecule has 0 fully saturated rings. The summed E-state index contributed by atoms with van der Waals surface area (Å²) in [5.74, 6) is 1.65. The molecule has 20 heavy (non-hydrogen) atoms. The first-order valence-corrected chi connectivity index (χ1v) is 7.12. The zero-order valence-corrected chi connectivity index (χ0v) is 12.4. The van der Waals surface area contributed by atoms with Gasteiger partial charge in [-0.25, -0.2) is 4.98 Å². The molecular weight excluding hydrogens is 250 g/mol. The van der Waals surface area contributed by atoms with Crippen LogP contribution in [0.4, 0.5) is 0 Å². The summed E-state index contributed by atoms with van der Waals surface area (Å²) in [7, 11) is 0. The molecule has 2 aromatic rings. The molecule has 2 N–H and O–H groups in total. The Hall–Kier alpha value is -1.81. The Kier molecular flexibility index (Phi) is 4.79. The summed E-state index contributed by atoms with van der Waals surface area (Å²) in [6.07, 6.45) is 3.75. The minimum Gasteiger partial charge on any atom is -0.494 e. The third-order valence-corrected chi connectivity index (χ3v) is 3.51. The van der Waals surface area contributed by atoms with Crippen molar-refractivity contribution < 1.29 is 4.74 Å². The smallest absolute Gasteiger partial charge is 0.121 e. The number of hydrogen-bond donors (Lipinski definition) is 1. The number of hydrogen-bond acceptors (Lipinski definition) is 3. The summed E-state index contributed by atoms with van der Waals surface area (Å²) >= 11 is 0. The Bertz CT molecular complexity index is 548. The van der Waals surface area contributed by atoms with Gasteiger partial charge in [-0.2, -0.15) is 0 Å². The van der Waals surface area contributed by atoms with Crippen LogP contribution in [0.15, 0.2) is 36.8 Å². The average Bonchev–Trinajstić information content (AvgIpc) is 2.89. The number of ether oxygens (including phenoxy) is 1. The predicted octanol–water partition coefficient (Wildman–Crippen LogP) is 2.97. The second kappa shape index (κ2) is 6.57. The van der Waals surface area contributed by atoms with E-state index in [1.807, 2.05) is 37.6 Å². The normalized spacial score (nSPS) is 12.7. The topological polar surface area (TPSA) is 53.1 Å². The molecule has 1 atom stereocenters. The predicted molar refractivity (Wildman–Crippen MR) is 81.4 cm³/mol. The third-order valence-electron chi connectivity index (χ3n) is 3.51. The molecule has 4 heteroatoms. The van der Waals surface area contributed by atoms with Crippen LogP contribution in [0.2, 0.25) is 0 Å². The van der Waals surface area contributed by atoms with Crippen LogP contribution in [0.25, 0.3) is 5.69 Å². The molecule has 4 nitrogen and oxygen atoms in total. The van der Waals surface area contributed by atoms with E-state index >= 15 is 0 Å². The Morgan fingerprint density at radius 3 is 2.80 bits per heavy atom. The van der Waals surface area contributed by atoms with Crippen molar-refractivity contribution in [3.05, 3.63) is 42.5 Å². The molecule has 0 radical (unpaired) electrons. The van der Waals surface area contributed by atoms with Gasteiger partial charge >= 0.3 is 0 Å². The fourth-order valence-electron chi connectivity index (χ4n) is 2.42. The van der Waals surface area contributed by atoms with Crippen molar-refractivity contribution in [2.24, 2.45) is 11.7 Å². The van der Waals surface area contributed by atoms with Crippen molar-refractivity contribution in [2.75, 3.05) is 13.2 Å². The molecule has 0 aliphatic carbocycles. The van der Waals surface area contributed by atoms with E-state index < -0.39 is 0 Å². The van der Waals surface area contributed by atoms with E-state index in [4.69, 9.17) is 10.5 Å². The van der Waals surface area contributed by atoms with Crippen LogP contribution in [0.5, 0.6) is 5.75 Å². The SMILES string of the molecule is CCOc1cccc(-n2cncc2C(CN)C(C)C)c1. The number of benzene rings is 1. The van der Waals surface area contributed by atoms with Gasteiger partial charge in [-0.05, 0) is 25.0 Å². The molecule has 1 aromatic carbocycles. The molecular formula is C16H23N3O. The maximum atomic E-state index is 5.92. The zero-order chi connectivity index (χ0) is 14.5. The minimum absolute atomic E-state index is 0.299. The Morgan fingerprint density at radius 1 is 1.35 bits per heavy atom. The van der Waals surface area contributed by atoms with Gasteiger partial charge in [-0.1, -0.05) is 19.9 Å². The standard InChI is InChI=1S/C16H23N3O/c1-4-20-14-7-5-6-13(8-14)19-11-18-10-16(19)15(9-17)12(2)3/h5-8,10-12,15H,4,9,17H2,1-3H3. The molecule has 1 unspecified atom stereocenters. The van der Waals surface area contributed by atoms with Crippen molar-refractivity contribution in [2.45, 2.75) is 26.7 Å². The van der Waals surface area contributed by atoms with Crippen LogP contribution in [0.3, 0.4) is 0 Å². The number of rotatable bonds is 6. The van der Waals surface area contributed by atoms with Crippen LogP contribution in [0, 0.1) is 5.92 Å². The van der Waals surface area contributed by atoms with Gasteiger partial charge in [-0.3, -0.25) is 0 Å². The van der Waals surface area contributed by atoms with Crippen LogP contribution < -0.4 is 10.5 Å². The summed E-state index contributed by atoms with van der Waals surface area (Å²) in [6, 6.07) is 8.05. The lowest BCUT2D eigenvalue weighted by Crippen LogP contribution is -2.20. The Labute approximate surface area is 120 Å². The number of aromatic nitrogens is 2. The van der Waals surface area contributed by atoms with E-state index in [0.29, 0.717) is 25.0 Å². The lowest BCUT2D eigenvalue weighted by molar-refractivity contribution is 0.340. The van der Waals surface area contributed by atoms with Crippen LogP contribution in [0.1, 0.15) is 32.4 Å². The largest absolute Gasteiger partial charge is 0.494 e. The van der Waals surface area contributed by atoms with E-state index in [0.717, 1.165) is 17.1 Å². The molecule has 1 aromatic heterocycles. The third kappa shape index (κ3) is 3.02. The van der Waals surface area contributed by atoms with Gasteiger partial charge in [0.25, 0.3) is 0 Å². The van der Waals surface area contributed by atoms with Crippen molar-refractivity contribution in [1.82, 2.24) is 9.55 Å². The van der Waals surface area contributed by atoms with E-state index in [9.17, 15) is 0 Å². The maximum Gasteiger partial charge on any atom is 0.121 e. The van der Waals surface area contributed by atoms with Crippen LogP contribution in [-0.4, -0.2) is 22.7 Å². The summed E-state index contributed by atoms with van der Waals surface area (Å²) in [4.78, 5) is 4.29. The van der Waals surface area contributed by atoms with Crippen LogP contribution >= 0.6 is 0 Å². The molecule has 0 amide bonds. The molecule has 2 rings (SSSR count). The molecule has 0 saturated heterocycles. The van der Waals surface area contributed by atoms with Gasteiger partial charge in [0, 0.05) is 30.4 Å². The highest BCUT2D eigenvalue weighted by Crippen LogP contribution is 2.26. The van der Waals surface area contributed by atoms with Gasteiger partial charge in [0.1, 0.15) is 5.75 Å². The Balaban J connectivity index is 2.38. The molecule has 0 spiro atoms. The van der Waals surface area contributed by atoms with Gasteiger partial charge in [0.2, 0.25) is 0 Å². The molecule has 1 heterocycles. The van der Waals surface area contributed by atoms with Crippen molar-refractivity contribution >= 4 is 0 Å². The summed E-state index contributed by atoms with van der Waals surface area (Å²) in [5, 5.41) is 0. The minimum atomic E-state index is 0.299. The van der Waals surface area contributed by atoms with Crippen molar-refractivity contribution in [3.8, 4) is 11.4 Å². The van der Waals surface area contributed by atoms with Crippen molar-refractivity contribution in [3.63, 3.8) is 0 Å². The average molecular weight is 273 g/mol. The van der Waals surface area contributed by atoms with E-state index in [-0.39, 0.29) is 0 Å². The molecule has 0 bridgehead atoms. The first kappa shape index (κ1) is 14.6. The van der Waals surface area contributed by atoms with Crippen molar-refractivity contribution in [1.29, 1.82) is 0 Å². The summed E-state index contributed by atoms with van der Waals surface area (Å²) < 4.78 is 7.66. The second-order valence-corrected chi connectivity index (χ2v) is 5.21. The molecule has 108 valence electrons. The maximum absolute atomic E-state index is 5.92. The van der Waals surface area contributed by atoms with Gasteiger partial charge in [0.05, 0.1) is 18.6 Å². The molecule has 0 aliphatic heterocycles. The van der Waals surface area contributed by atoms with E-state index in [2.05, 4.69) is 29.5 Å². The number of imidazole rings is 1. The number of nitrogens with two attached hydrogens (primary N) is 1. The first-order chi connectivity index (χ1) is 9.67. The Morgan fingerprint density at radius 2 is 2.15 bits per heavy atom. The van der Waals surface area contributed by atoms with Crippen LogP contribution in [-0.2, 0) is 0 Å². The highest BCUT2D eigenvalue weighted by Gasteiger charge is 2.19. The molecule has 0 aliphatic rings. The van der Waals surface area contributed by atoms with Gasteiger partial charge in [-0.15, -0.1) is 0 Å². The van der Waals surface area contributed by atoms with Gasteiger partial charge in [0.15, 0.2) is 0 Å². The van der Waals surface area contributed by atoms with E-state index in [1.165, 1.54) is 0 Å². The highest BCUT2D eigenvalue weighted by atomic mass is 16.5. The summed E-state index contributed by atoms with van der Waals surface area (Å²) in [6.45, 7) is 7.64. The summed E-state index contributed by atoms with van der Waals surface area (Å²) in [5.41, 5.74) is 8.13. The lowest BCUT2D eigenvalue weighted by Gasteiger charge is -2.21. The first-order valence-electron chi connectivity index (χ1n) is 7.12. The quantitative estimate of drug-likeness (QED) is 0.880. The molecule has 0 saturated carbocycles. The lowest BCUT2D eigenvalue weighted by atomic mass is 9.93. The fourth-order valence-corrected chi connectivity index (χ4v) is 2.42. The number of nitrogens with zero attached hydrogens (tertiary/aromatic N) is 2. The monoisotopic (exact) mass is 273 g/mol. The van der Waals surface area contributed by atoms with E-state index in [1.54, 1.807) is 0 Å².